The summed E-state index contributed by atoms with van der Waals surface area (Å²) in [5.74, 6) is 0. The number of hydrogen-bond donors (Lipinski definition) is 0. The maximum absolute atomic E-state index is 11.0. The molecular formula is C7H14ClNO2. The van der Waals surface area contributed by atoms with Crippen LogP contribution in [0.25, 0.3) is 0 Å². The average Bonchev–Trinajstić information content (AvgIpc) is 1.85. The first-order valence-electron chi connectivity index (χ1n) is 3.36. The molecule has 0 rings (SSSR count). The van der Waals surface area contributed by atoms with Crippen LogP contribution >= 0.6 is 11.6 Å². The molecule has 0 aromatic rings. The minimum absolute atomic E-state index is 0.0980. The van der Waals surface area contributed by atoms with E-state index in [1.165, 1.54) is 4.90 Å². The van der Waals surface area contributed by atoms with Crippen molar-refractivity contribution in [3.05, 3.63) is 0 Å². The van der Waals surface area contributed by atoms with E-state index in [4.69, 9.17) is 11.6 Å². The number of hydrogen-bond acceptors (Lipinski definition) is 2. The fraction of sp³-hybridized carbons (Fsp3) is 0.857. The van der Waals surface area contributed by atoms with E-state index in [-0.39, 0.29) is 11.6 Å². The standard InChI is InChI=1S/C7H14ClNO2/c1-7(2,3)9(4)6(10)11-5-8/h5H2,1-4H3. The van der Waals surface area contributed by atoms with E-state index in [1.807, 2.05) is 20.8 Å². The van der Waals surface area contributed by atoms with Crippen LogP contribution < -0.4 is 0 Å². The summed E-state index contributed by atoms with van der Waals surface area (Å²) in [6.45, 7) is 5.76. The average molecular weight is 180 g/mol. The largest absolute Gasteiger partial charge is 0.433 e. The molecular weight excluding hydrogens is 166 g/mol. The first kappa shape index (κ1) is 10.6. The molecule has 0 fully saturated rings. The predicted molar refractivity (Wildman–Crippen MR) is 44.7 cm³/mol. The Bertz CT molecular complexity index is 142. The first-order chi connectivity index (χ1) is 4.89. The van der Waals surface area contributed by atoms with Gasteiger partial charge in [0.15, 0.2) is 6.07 Å². The van der Waals surface area contributed by atoms with E-state index in [0.717, 1.165) is 0 Å². The Balaban J connectivity index is 4.03. The Kier molecular flexibility index (Phi) is 3.66. The molecule has 0 unspecified atom stereocenters. The minimum Gasteiger partial charge on any atom is -0.433 e. The van der Waals surface area contributed by atoms with Gasteiger partial charge in [-0.2, -0.15) is 0 Å². The van der Waals surface area contributed by atoms with E-state index in [9.17, 15) is 4.79 Å². The van der Waals surface area contributed by atoms with Crippen LogP contribution in [0.3, 0.4) is 0 Å². The predicted octanol–water partition coefficient (Wildman–Crippen LogP) is 2.05. The van der Waals surface area contributed by atoms with Gasteiger partial charge in [0.2, 0.25) is 0 Å². The first-order valence-corrected chi connectivity index (χ1v) is 3.89. The molecule has 0 saturated heterocycles. The van der Waals surface area contributed by atoms with Crippen LogP contribution in [0, 0.1) is 0 Å². The normalized spacial score (nSPS) is 11.0. The zero-order valence-corrected chi connectivity index (χ0v) is 8.10. The van der Waals surface area contributed by atoms with Crippen molar-refractivity contribution in [1.82, 2.24) is 4.90 Å². The van der Waals surface area contributed by atoms with E-state index in [0.29, 0.717) is 0 Å². The number of ether oxygens (including phenoxy) is 1. The number of alkyl halides is 1. The lowest BCUT2D eigenvalue weighted by molar-refractivity contribution is 0.0942. The van der Waals surface area contributed by atoms with Crippen molar-refractivity contribution < 1.29 is 9.53 Å². The van der Waals surface area contributed by atoms with Gasteiger partial charge in [-0.05, 0) is 20.8 Å². The summed E-state index contributed by atoms with van der Waals surface area (Å²) in [5, 5.41) is 0. The lowest BCUT2D eigenvalue weighted by Crippen LogP contribution is -2.42. The zero-order chi connectivity index (χ0) is 9.07. The van der Waals surface area contributed by atoms with Gasteiger partial charge >= 0.3 is 6.09 Å². The van der Waals surface area contributed by atoms with Gasteiger partial charge in [-0.25, -0.2) is 4.79 Å². The summed E-state index contributed by atoms with van der Waals surface area (Å²) >= 11 is 5.22. The molecule has 0 heterocycles. The van der Waals surface area contributed by atoms with E-state index in [1.54, 1.807) is 7.05 Å². The number of carbonyl (C=O) groups is 1. The van der Waals surface area contributed by atoms with Crippen LogP contribution in [-0.4, -0.2) is 29.6 Å². The maximum atomic E-state index is 11.0. The van der Waals surface area contributed by atoms with Gasteiger partial charge in [0.05, 0.1) is 0 Å². The number of rotatable bonds is 1. The Morgan fingerprint density at radius 1 is 1.55 bits per heavy atom. The van der Waals surface area contributed by atoms with Gasteiger partial charge in [0, 0.05) is 12.6 Å². The van der Waals surface area contributed by atoms with Crippen molar-refractivity contribution in [2.24, 2.45) is 0 Å². The lowest BCUT2D eigenvalue weighted by atomic mass is 10.1. The summed E-state index contributed by atoms with van der Waals surface area (Å²) in [5.41, 5.74) is -0.219. The second-order valence-electron chi connectivity index (χ2n) is 3.25. The van der Waals surface area contributed by atoms with Gasteiger partial charge in [0.1, 0.15) is 0 Å². The van der Waals surface area contributed by atoms with Crippen LogP contribution in [0.1, 0.15) is 20.8 Å². The molecule has 11 heavy (non-hydrogen) atoms. The molecule has 0 aromatic carbocycles. The highest BCUT2D eigenvalue weighted by Gasteiger charge is 2.22. The SMILES string of the molecule is CN(C(=O)OCCl)C(C)(C)C. The molecule has 0 saturated carbocycles. The third-order valence-corrected chi connectivity index (χ3v) is 1.57. The molecule has 0 radical (unpaired) electrons. The van der Waals surface area contributed by atoms with E-state index >= 15 is 0 Å². The monoisotopic (exact) mass is 179 g/mol. The summed E-state index contributed by atoms with van der Waals surface area (Å²) in [7, 11) is 1.68. The highest BCUT2D eigenvalue weighted by molar-refractivity contribution is 6.17. The van der Waals surface area contributed by atoms with Crippen LogP contribution in [0.2, 0.25) is 0 Å². The summed E-state index contributed by atoms with van der Waals surface area (Å²) in [4.78, 5) is 12.5. The zero-order valence-electron chi connectivity index (χ0n) is 7.35. The van der Waals surface area contributed by atoms with Gasteiger partial charge in [-0.3, -0.25) is 0 Å². The molecule has 0 spiro atoms. The van der Waals surface area contributed by atoms with Crippen molar-refractivity contribution in [2.45, 2.75) is 26.3 Å². The van der Waals surface area contributed by atoms with Gasteiger partial charge < -0.3 is 9.64 Å². The van der Waals surface area contributed by atoms with E-state index in [2.05, 4.69) is 4.74 Å². The second-order valence-corrected chi connectivity index (χ2v) is 3.47. The molecule has 0 aliphatic carbocycles. The van der Waals surface area contributed by atoms with Crippen molar-refractivity contribution in [3.63, 3.8) is 0 Å². The van der Waals surface area contributed by atoms with Crippen molar-refractivity contribution in [1.29, 1.82) is 0 Å². The molecule has 0 aliphatic heterocycles. The third kappa shape index (κ3) is 3.46. The molecule has 66 valence electrons. The second kappa shape index (κ2) is 3.81. The topological polar surface area (TPSA) is 29.5 Å². The van der Waals surface area contributed by atoms with E-state index < -0.39 is 6.09 Å². The Labute approximate surface area is 72.3 Å². The third-order valence-electron chi connectivity index (χ3n) is 1.46. The molecule has 0 N–H and O–H groups in total. The van der Waals surface area contributed by atoms with Gasteiger partial charge in [-0.15, -0.1) is 0 Å². The van der Waals surface area contributed by atoms with Crippen LogP contribution in [0.15, 0.2) is 0 Å². The lowest BCUT2D eigenvalue weighted by Gasteiger charge is -2.30. The Morgan fingerprint density at radius 2 is 2.00 bits per heavy atom. The molecule has 4 heteroatoms. The molecule has 0 aromatic heterocycles. The van der Waals surface area contributed by atoms with Crippen LogP contribution in [-0.2, 0) is 4.74 Å². The maximum Gasteiger partial charge on any atom is 0.411 e. The molecule has 0 bridgehead atoms. The molecule has 0 atom stereocenters. The fourth-order valence-electron chi connectivity index (χ4n) is 0.417. The Hall–Kier alpha value is -0.440. The summed E-state index contributed by atoms with van der Waals surface area (Å²) < 4.78 is 4.58. The van der Waals surface area contributed by atoms with Crippen LogP contribution in [0.5, 0.6) is 0 Å². The van der Waals surface area contributed by atoms with Gasteiger partial charge in [0.25, 0.3) is 0 Å². The summed E-state index contributed by atoms with van der Waals surface area (Å²) in [6.07, 6.45) is -0.396. The highest BCUT2D eigenvalue weighted by Crippen LogP contribution is 2.11. The highest BCUT2D eigenvalue weighted by atomic mass is 35.5. The molecule has 1 amide bonds. The fourth-order valence-corrected chi connectivity index (χ4v) is 0.511. The smallest absolute Gasteiger partial charge is 0.411 e. The molecule has 3 nitrogen and oxygen atoms in total. The number of carbonyl (C=O) groups excluding carboxylic acids is 1. The number of amides is 1. The van der Waals surface area contributed by atoms with Crippen molar-refractivity contribution in [3.8, 4) is 0 Å². The van der Waals surface area contributed by atoms with Crippen LogP contribution in [0.4, 0.5) is 4.79 Å². The van der Waals surface area contributed by atoms with Gasteiger partial charge in [-0.1, -0.05) is 11.6 Å². The summed E-state index contributed by atoms with van der Waals surface area (Å²) in [6, 6.07) is -0.0980. The number of halogens is 1. The quantitative estimate of drug-likeness (QED) is 0.577. The van der Waals surface area contributed by atoms with Crippen molar-refractivity contribution >= 4 is 17.7 Å². The minimum atomic E-state index is -0.396. The van der Waals surface area contributed by atoms with Crippen molar-refractivity contribution in [2.75, 3.05) is 13.1 Å². The Morgan fingerprint density at radius 3 is 2.27 bits per heavy atom. The molecule has 0 aliphatic rings. The number of nitrogens with zero attached hydrogens (tertiary/aromatic N) is 1.